The lowest BCUT2D eigenvalue weighted by Gasteiger charge is -2.11. The third-order valence-corrected chi connectivity index (χ3v) is 5.28. The fourth-order valence-corrected chi connectivity index (χ4v) is 3.99. The minimum Gasteiger partial charge on any atom is -0.494 e. The number of ether oxygens (including phenoxy) is 1. The van der Waals surface area contributed by atoms with E-state index in [0.717, 1.165) is 35.1 Å². The van der Waals surface area contributed by atoms with E-state index in [9.17, 15) is 4.79 Å². The van der Waals surface area contributed by atoms with Crippen LogP contribution in [0.3, 0.4) is 0 Å². The van der Waals surface area contributed by atoms with Gasteiger partial charge in [-0.25, -0.2) is 0 Å². The average Bonchev–Trinajstić information content (AvgIpc) is 3.17. The monoisotopic (exact) mass is 353 g/mol. The van der Waals surface area contributed by atoms with E-state index in [0.29, 0.717) is 23.3 Å². The van der Waals surface area contributed by atoms with Crippen molar-refractivity contribution >= 4 is 22.4 Å². The van der Waals surface area contributed by atoms with E-state index >= 15 is 0 Å². The summed E-state index contributed by atoms with van der Waals surface area (Å²) in [6.45, 7) is 2.58. The van der Waals surface area contributed by atoms with Crippen LogP contribution in [-0.2, 0) is 0 Å². The Bertz CT molecular complexity index is 1020. The summed E-state index contributed by atoms with van der Waals surface area (Å²) in [6.07, 6.45) is 9.66. The molecular formula is C19H19N3O2S. The molecule has 2 heterocycles. The number of fused-ring (bicyclic) bond motifs is 1. The van der Waals surface area contributed by atoms with Gasteiger partial charge >= 0.3 is 0 Å². The van der Waals surface area contributed by atoms with Gasteiger partial charge in [0.25, 0.3) is 5.56 Å². The third kappa shape index (κ3) is 3.22. The minimum atomic E-state index is -0.0701. The first-order valence-corrected chi connectivity index (χ1v) is 9.36. The molecule has 0 spiro atoms. The number of hydrogen-bond donors (Lipinski definition) is 0. The van der Waals surface area contributed by atoms with Crippen LogP contribution in [0.1, 0.15) is 26.2 Å². The number of nitrogens with zero attached hydrogens (tertiary/aromatic N) is 3. The molecule has 3 aromatic rings. The highest BCUT2D eigenvalue weighted by Crippen LogP contribution is 2.21. The third-order valence-electron chi connectivity index (χ3n) is 4.30. The van der Waals surface area contributed by atoms with Crippen molar-refractivity contribution in [2.45, 2.75) is 26.2 Å². The van der Waals surface area contributed by atoms with Gasteiger partial charge in [0.05, 0.1) is 11.1 Å². The van der Waals surface area contributed by atoms with Gasteiger partial charge in [-0.1, -0.05) is 29.6 Å². The molecule has 0 bridgehead atoms. The first-order valence-electron chi connectivity index (χ1n) is 8.54. The van der Waals surface area contributed by atoms with Crippen LogP contribution in [0.5, 0.6) is 5.75 Å². The quantitative estimate of drug-likeness (QED) is 0.677. The fraction of sp³-hybridized carbons (Fsp3) is 0.316. The van der Waals surface area contributed by atoms with Gasteiger partial charge in [-0.3, -0.25) is 4.79 Å². The van der Waals surface area contributed by atoms with Crippen LogP contribution >= 0.6 is 11.3 Å². The molecule has 1 aromatic carbocycles. The standard InChI is InChI=1S/C19H19N3O2S/c1-2-24-15-10-8-14(9-11-15)17-20-19-22(21-17)18(23)16(25-19)12-13-6-4-3-5-7-13/h3-4,8-13H,2,5-7H2,1H3. The highest BCUT2D eigenvalue weighted by Gasteiger charge is 2.14. The van der Waals surface area contributed by atoms with Gasteiger partial charge in [-0.05, 0) is 56.4 Å². The zero-order valence-electron chi connectivity index (χ0n) is 14.0. The Labute approximate surface area is 149 Å². The van der Waals surface area contributed by atoms with Crippen LogP contribution < -0.4 is 14.8 Å². The van der Waals surface area contributed by atoms with Crippen molar-refractivity contribution in [1.82, 2.24) is 14.6 Å². The van der Waals surface area contributed by atoms with E-state index in [1.165, 1.54) is 15.9 Å². The lowest BCUT2D eigenvalue weighted by atomic mass is 9.94. The summed E-state index contributed by atoms with van der Waals surface area (Å²) in [5.74, 6) is 1.82. The average molecular weight is 353 g/mol. The number of thiazole rings is 1. The smallest absolute Gasteiger partial charge is 0.290 e. The molecule has 5 nitrogen and oxygen atoms in total. The van der Waals surface area contributed by atoms with Gasteiger partial charge in [0.1, 0.15) is 5.75 Å². The molecule has 0 N–H and O–H groups in total. The van der Waals surface area contributed by atoms with E-state index in [4.69, 9.17) is 4.74 Å². The maximum Gasteiger partial charge on any atom is 0.290 e. The van der Waals surface area contributed by atoms with E-state index in [1.807, 2.05) is 31.2 Å². The Morgan fingerprint density at radius 1 is 1.32 bits per heavy atom. The molecule has 2 aromatic heterocycles. The lowest BCUT2D eigenvalue weighted by Crippen LogP contribution is -2.25. The zero-order valence-corrected chi connectivity index (χ0v) is 14.8. The number of aromatic nitrogens is 3. The Morgan fingerprint density at radius 3 is 2.84 bits per heavy atom. The second kappa shape index (κ2) is 6.80. The van der Waals surface area contributed by atoms with Crippen LogP contribution in [0.15, 0.2) is 41.2 Å². The maximum absolute atomic E-state index is 12.6. The summed E-state index contributed by atoms with van der Waals surface area (Å²) >= 11 is 1.42. The van der Waals surface area contributed by atoms with E-state index in [2.05, 4.69) is 28.3 Å². The van der Waals surface area contributed by atoms with E-state index in [-0.39, 0.29) is 5.56 Å². The topological polar surface area (TPSA) is 56.5 Å². The Kier molecular flexibility index (Phi) is 4.36. The van der Waals surface area contributed by atoms with Crippen molar-refractivity contribution in [3.63, 3.8) is 0 Å². The second-order valence-corrected chi connectivity index (χ2v) is 7.08. The Balaban J connectivity index is 1.66. The Hall–Kier alpha value is -2.47. The molecule has 0 aliphatic heterocycles. The number of allylic oxidation sites excluding steroid dienone is 2. The number of benzene rings is 1. The molecule has 0 saturated carbocycles. The summed E-state index contributed by atoms with van der Waals surface area (Å²) in [5, 5.41) is 4.40. The molecule has 25 heavy (non-hydrogen) atoms. The van der Waals surface area contributed by atoms with Crippen molar-refractivity contribution < 1.29 is 4.74 Å². The summed E-state index contributed by atoms with van der Waals surface area (Å²) in [7, 11) is 0. The second-order valence-electron chi connectivity index (χ2n) is 6.07. The molecule has 1 aliphatic carbocycles. The molecule has 128 valence electrons. The molecule has 0 amide bonds. The van der Waals surface area contributed by atoms with Crippen LogP contribution in [0, 0.1) is 5.92 Å². The Morgan fingerprint density at radius 2 is 2.16 bits per heavy atom. The molecule has 6 heteroatoms. The fourth-order valence-electron chi connectivity index (χ4n) is 3.02. The predicted octanol–water partition coefficient (Wildman–Crippen LogP) is 3.07. The van der Waals surface area contributed by atoms with Gasteiger partial charge in [-0.2, -0.15) is 9.50 Å². The zero-order chi connectivity index (χ0) is 17.2. The van der Waals surface area contributed by atoms with Crippen LogP contribution in [-0.4, -0.2) is 21.2 Å². The van der Waals surface area contributed by atoms with Crippen molar-refractivity contribution in [1.29, 1.82) is 0 Å². The minimum absolute atomic E-state index is 0.0701. The van der Waals surface area contributed by atoms with Gasteiger partial charge < -0.3 is 4.74 Å². The molecule has 0 saturated heterocycles. The number of rotatable bonds is 4. The molecule has 4 rings (SSSR count). The SMILES string of the molecule is CCOc1ccc(-c2nc3sc(=CC4CC=CCC4)c(=O)n3n2)cc1. The van der Waals surface area contributed by atoms with Gasteiger partial charge in [0, 0.05) is 5.56 Å². The number of hydrogen-bond acceptors (Lipinski definition) is 5. The van der Waals surface area contributed by atoms with Crippen molar-refractivity contribution in [3.05, 3.63) is 51.3 Å². The lowest BCUT2D eigenvalue weighted by molar-refractivity contribution is 0.340. The van der Waals surface area contributed by atoms with Crippen LogP contribution in [0.4, 0.5) is 0 Å². The molecule has 0 fully saturated rings. The summed E-state index contributed by atoms with van der Waals surface area (Å²) in [4.78, 5) is 17.8. The molecule has 1 unspecified atom stereocenters. The summed E-state index contributed by atoms with van der Waals surface area (Å²) in [6, 6.07) is 7.61. The maximum atomic E-state index is 12.6. The highest BCUT2D eigenvalue weighted by molar-refractivity contribution is 7.15. The molecule has 1 aliphatic rings. The first kappa shape index (κ1) is 16.0. The van der Waals surface area contributed by atoms with Crippen LogP contribution in [0.25, 0.3) is 22.4 Å². The van der Waals surface area contributed by atoms with E-state index < -0.39 is 0 Å². The molecule has 0 radical (unpaired) electrons. The van der Waals surface area contributed by atoms with Crippen LogP contribution in [0.2, 0.25) is 0 Å². The summed E-state index contributed by atoms with van der Waals surface area (Å²) in [5.41, 5.74) is 0.806. The van der Waals surface area contributed by atoms with E-state index in [1.54, 1.807) is 0 Å². The van der Waals surface area contributed by atoms with Gasteiger partial charge in [0.15, 0.2) is 5.82 Å². The predicted molar refractivity (Wildman–Crippen MR) is 99.9 cm³/mol. The van der Waals surface area contributed by atoms with Crippen molar-refractivity contribution in [2.75, 3.05) is 6.61 Å². The largest absolute Gasteiger partial charge is 0.494 e. The van der Waals surface area contributed by atoms with Gasteiger partial charge in [-0.15, -0.1) is 5.10 Å². The van der Waals surface area contributed by atoms with Crippen molar-refractivity contribution in [2.24, 2.45) is 5.92 Å². The summed E-state index contributed by atoms with van der Waals surface area (Å²) < 4.78 is 7.61. The van der Waals surface area contributed by atoms with Gasteiger partial charge in [0.2, 0.25) is 4.96 Å². The highest BCUT2D eigenvalue weighted by atomic mass is 32.1. The van der Waals surface area contributed by atoms with Crippen molar-refractivity contribution in [3.8, 4) is 17.1 Å². The first-order chi connectivity index (χ1) is 12.2. The normalized spacial score (nSPS) is 18.1. The molecular weight excluding hydrogens is 334 g/mol. The molecule has 1 atom stereocenters.